The number of benzene rings is 2. The van der Waals surface area contributed by atoms with E-state index >= 15 is 0 Å². The van der Waals surface area contributed by atoms with Gasteiger partial charge in [-0.1, -0.05) is 30.3 Å². The summed E-state index contributed by atoms with van der Waals surface area (Å²) in [6, 6.07) is 16.2. The Morgan fingerprint density at radius 2 is 1.64 bits per heavy atom. The Hall–Kier alpha value is -2.18. The number of carbonyl (C=O) groups excluding carboxylic acids is 1. The Kier molecular flexibility index (Phi) is 4.92. The predicted octanol–water partition coefficient (Wildman–Crippen LogP) is 2.22. The Morgan fingerprint density at radius 1 is 1.00 bits per heavy atom. The topological polar surface area (TPSA) is 57.7 Å². The van der Waals surface area contributed by atoms with Crippen LogP contribution in [0.2, 0.25) is 0 Å². The van der Waals surface area contributed by atoms with Crippen LogP contribution in [0, 0.1) is 0 Å². The monoisotopic (exact) mass is 358 g/mol. The van der Waals surface area contributed by atoms with Crippen molar-refractivity contribution in [1.29, 1.82) is 0 Å². The van der Waals surface area contributed by atoms with Gasteiger partial charge in [-0.15, -0.1) is 0 Å². The molecule has 1 amide bonds. The maximum atomic E-state index is 13.0. The van der Waals surface area contributed by atoms with E-state index in [0.29, 0.717) is 12.1 Å². The molecule has 0 radical (unpaired) electrons. The Labute approximate surface area is 148 Å². The summed E-state index contributed by atoms with van der Waals surface area (Å²) in [5.41, 5.74) is 1.62. The van der Waals surface area contributed by atoms with Crippen molar-refractivity contribution in [2.75, 3.05) is 32.9 Å². The van der Waals surface area contributed by atoms with E-state index in [0.717, 1.165) is 24.9 Å². The van der Waals surface area contributed by atoms with Gasteiger partial charge in [0.2, 0.25) is 0 Å². The summed E-state index contributed by atoms with van der Waals surface area (Å²) in [7, 11) is -1.21. The number of likely N-dealkylation sites (N-methyl/N-ethyl adjacent to an activating group) is 1. The van der Waals surface area contributed by atoms with Crippen LogP contribution in [0.15, 0.2) is 59.5 Å². The molecule has 2 aromatic rings. The summed E-state index contributed by atoms with van der Waals surface area (Å²) in [4.78, 5) is 17.3. The zero-order valence-corrected chi connectivity index (χ0v) is 15.2. The Morgan fingerprint density at radius 3 is 2.24 bits per heavy atom. The first-order valence-corrected chi connectivity index (χ1v) is 10.1. The fraction of sp³-hybridized carbons (Fsp3) is 0.316. The SMILES string of the molecule is CN1CCN(C(=O)c2ccc(S(C)(=O)=O)cc2)[C@H](c2ccccc2)C1. The molecule has 2 aromatic carbocycles. The van der Waals surface area contributed by atoms with Crippen LogP contribution in [0.4, 0.5) is 0 Å². The highest BCUT2D eigenvalue weighted by molar-refractivity contribution is 7.90. The average Bonchev–Trinajstić information content (AvgIpc) is 2.61. The van der Waals surface area contributed by atoms with Crippen molar-refractivity contribution >= 4 is 15.7 Å². The van der Waals surface area contributed by atoms with Gasteiger partial charge in [-0.3, -0.25) is 4.79 Å². The van der Waals surface area contributed by atoms with E-state index in [1.165, 1.54) is 12.1 Å². The number of hydrogen-bond acceptors (Lipinski definition) is 4. The minimum Gasteiger partial charge on any atom is -0.329 e. The van der Waals surface area contributed by atoms with Crippen molar-refractivity contribution in [2.45, 2.75) is 10.9 Å². The average molecular weight is 358 g/mol. The number of piperazine rings is 1. The van der Waals surface area contributed by atoms with Crippen LogP contribution in [0.25, 0.3) is 0 Å². The summed E-state index contributed by atoms with van der Waals surface area (Å²) in [5.74, 6) is -0.0676. The molecule has 3 rings (SSSR count). The maximum absolute atomic E-state index is 13.0. The molecule has 1 aliphatic rings. The lowest BCUT2D eigenvalue weighted by Crippen LogP contribution is -2.49. The van der Waals surface area contributed by atoms with Crippen molar-refractivity contribution in [2.24, 2.45) is 0 Å². The van der Waals surface area contributed by atoms with Crippen LogP contribution < -0.4 is 0 Å². The van der Waals surface area contributed by atoms with Crippen molar-refractivity contribution in [3.05, 3.63) is 65.7 Å². The number of hydrogen-bond donors (Lipinski definition) is 0. The summed E-state index contributed by atoms with van der Waals surface area (Å²) < 4.78 is 23.2. The second-order valence-corrected chi connectivity index (χ2v) is 8.50. The van der Waals surface area contributed by atoms with E-state index < -0.39 is 9.84 Å². The number of nitrogens with zero attached hydrogens (tertiary/aromatic N) is 2. The van der Waals surface area contributed by atoms with E-state index in [2.05, 4.69) is 11.9 Å². The zero-order valence-electron chi connectivity index (χ0n) is 14.4. The second-order valence-electron chi connectivity index (χ2n) is 6.48. The molecule has 1 atom stereocenters. The fourth-order valence-electron chi connectivity index (χ4n) is 3.13. The number of sulfone groups is 1. The van der Waals surface area contributed by atoms with Gasteiger partial charge in [-0.25, -0.2) is 8.42 Å². The zero-order chi connectivity index (χ0) is 18.0. The highest BCUT2D eigenvalue weighted by Gasteiger charge is 2.30. The van der Waals surface area contributed by atoms with Gasteiger partial charge in [0.05, 0.1) is 10.9 Å². The van der Waals surface area contributed by atoms with Crippen molar-refractivity contribution in [3.63, 3.8) is 0 Å². The third-order valence-electron chi connectivity index (χ3n) is 4.56. The molecule has 0 saturated carbocycles. The minimum absolute atomic E-state index is 0.0120. The molecule has 1 aliphatic heterocycles. The van der Waals surface area contributed by atoms with Crippen LogP contribution in [0.3, 0.4) is 0 Å². The largest absolute Gasteiger partial charge is 0.329 e. The standard InChI is InChI=1S/C19H22N2O3S/c1-20-12-13-21(18(14-20)15-6-4-3-5-7-15)19(22)16-8-10-17(11-9-16)25(2,23)24/h3-11,18H,12-14H2,1-2H3/t18-/m0/s1. The molecule has 0 bridgehead atoms. The van der Waals surface area contributed by atoms with Crippen molar-refractivity contribution in [1.82, 2.24) is 9.80 Å². The van der Waals surface area contributed by atoms with Crippen LogP contribution in [0.1, 0.15) is 22.0 Å². The molecule has 1 heterocycles. The highest BCUT2D eigenvalue weighted by Crippen LogP contribution is 2.26. The van der Waals surface area contributed by atoms with E-state index in [1.807, 2.05) is 35.2 Å². The molecular formula is C19H22N2O3S. The van der Waals surface area contributed by atoms with Gasteiger partial charge in [0, 0.05) is 31.5 Å². The first kappa shape index (κ1) is 17.6. The van der Waals surface area contributed by atoms with Crippen molar-refractivity contribution < 1.29 is 13.2 Å². The normalized spacial score (nSPS) is 19.0. The summed E-state index contributed by atoms with van der Waals surface area (Å²) in [6.07, 6.45) is 1.16. The van der Waals surface area contributed by atoms with Gasteiger partial charge in [0.15, 0.2) is 9.84 Å². The number of rotatable bonds is 3. The van der Waals surface area contributed by atoms with Gasteiger partial charge in [-0.05, 0) is 36.9 Å². The van der Waals surface area contributed by atoms with Crippen LogP contribution in [-0.2, 0) is 9.84 Å². The quantitative estimate of drug-likeness (QED) is 0.844. The first-order valence-electron chi connectivity index (χ1n) is 8.21. The molecule has 5 nitrogen and oxygen atoms in total. The third-order valence-corrected chi connectivity index (χ3v) is 5.69. The van der Waals surface area contributed by atoms with E-state index in [-0.39, 0.29) is 16.8 Å². The lowest BCUT2D eigenvalue weighted by atomic mass is 10.0. The number of amides is 1. The minimum atomic E-state index is -3.26. The van der Waals surface area contributed by atoms with E-state index in [4.69, 9.17) is 0 Å². The van der Waals surface area contributed by atoms with Gasteiger partial charge in [0.25, 0.3) is 5.91 Å². The second kappa shape index (κ2) is 6.98. The maximum Gasteiger partial charge on any atom is 0.254 e. The molecule has 132 valence electrons. The lowest BCUT2D eigenvalue weighted by Gasteiger charge is -2.40. The molecule has 6 heteroatoms. The van der Waals surface area contributed by atoms with Crippen LogP contribution in [-0.4, -0.2) is 57.1 Å². The molecule has 0 aromatic heterocycles. The van der Waals surface area contributed by atoms with E-state index in [1.54, 1.807) is 12.1 Å². The lowest BCUT2D eigenvalue weighted by molar-refractivity contribution is 0.0498. The summed E-state index contributed by atoms with van der Waals surface area (Å²) in [6.45, 7) is 2.23. The van der Waals surface area contributed by atoms with Crippen LogP contribution >= 0.6 is 0 Å². The molecule has 0 N–H and O–H groups in total. The van der Waals surface area contributed by atoms with Gasteiger partial charge >= 0.3 is 0 Å². The van der Waals surface area contributed by atoms with Crippen molar-refractivity contribution in [3.8, 4) is 0 Å². The Bertz CT molecular complexity index is 848. The van der Waals surface area contributed by atoms with Gasteiger partial charge < -0.3 is 9.80 Å². The molecule has 0 aliphatic carbocycles. The van der Waals surface area contributed by atoms with Crippen LogP contribution in [0.5, 0.6) is 0 Å². The summed E-state index contributed by atoms with van der Waals surface area (Å²) >= 11 is 0. The molecule has 0 spiro atoms. The Balaban J connectivity index is 1.88. The molecule has 0 unspecified atom stereocenters. The number of carbonyl (C=O) groups is 1. The molecular weight excluding hydrogens is 336 g/mol. The molecule has 25 heavy (non-hydrogen) atoms. The van der Waals surface area contributed by atoms with E-state index in [9.17, 15) is 13.2 Å². The predicted molar refractivity (Wildman–Crippen MR) is 97.3 cm³/mol. The molecule has 1 fully saturated rings. The molecule has 1 saturated heterocycles. The highest BCUT2D eigenvalue weighted by atomic mass is 32.2. The fourth-order valence-corrected chi connectivity index (χ4v) is 3.76. The third kappa shape index (κ3) is 3.91. The summed E-state index contributed by atoms with van der Waals surface area (Å²) in [5, 5.41) is 0. The van der Waals surface area contributed by atoms with Gasteiger partial charge in [0.1, 0.15) is 0 Å². The van der Waals surface area contributed by atoms with Gasteiger partial charge in [-0.2, -0.15) is 0 Å². The first-order chi connectivity index (χ1) is 11.9. The smallest absolute Gasteiger partial charge is 0.254 e.